The second-order valence-electron chi connectivity index (χ2n) is 3.62. The molecule has 0 saturated heterocycles. The van der Waals surface area contributed by atoms with E-state index in [1.165, 1.54) is 11.3 Å². The number of nitriles is 1. The Kier molecular flexibility index (Phi) is 4.97. The van der Waals surface area contributed by atoms with Gasteiger partial charge in [-0.3, -0.25) is 5.32 Å². The highest BCUT2D eigenvalue weighted by Crippen LogP contribution is 2.41. The van der Waals surface area contributed by atoms with Gasteiger partial charge in [0.25, 0.3) is 0 Å². The van der Waals surface area contributed by atoms with Crippen molar-refractivity contribution in [3.63, 3.8) is 0 Å². The molecule has 0 saturated carbocycles. The second-order valence-corrected chi connectivity index (χ2v) is 5.96. The third-order valence-electron chi connectivity index (χ3n) is 2.57. The Morgan fingerprint density at radius 2 is 2.29 bits per heavy atom. The quantitative estimate of drug-likeness (QED) is 0.894. The number of hydrogen-bond acceptors (Lipinski definition) is 3. The Balaban J connectivity index is 3.17. The van der Waals surface area contributed by atoms with Crippen LogP contribution in [0.5, 0.6) is 0 Å². The molecule has 1 aromatic heterocycles. The average Bonchev–Trinajstić information content (AvgIpc) is 2.63. The summed E-state index contributed by atoms with van der Waals surface area (Å²) in [4.78, 5) is 11.3. The molecule has 0 bridgehead atoms. The van der Waals surface area contributed by atoms with Gasteiger partial charge in [-0.1, -0.05) is 13.8 Å². The number of thiophene rings is 1. The SMILES string of the molecule is CCC(C)c1c(Br)sc(NC(=O)NC)c1C#N. The molecule has 6 heteroatoms. The summed E-state index contributed by atoms with van der Waals surface area (Å²) in [6.07, 6.45) is 0.948. The average molecular weight is 316 g/mol. The number of amides is 2. The molecule has 0 aliphatic rings. The minimum absolute atomic E-state index is 0.288. The zero-order chi connectivity index (χ0) is 13.0. The molecule has 17 heavy (non-hydrogen) atoms. The van der Waals surface area contributed by atoms with E-state index >= 15 is 0 Å². The Labute approximate surface area is 113 Å². The minimum Gasteiger partial charge on any atom is -0.341 e. The summed E-state index contributed by atoms with van der Waals surface area (Å²) in [6.45, 7) is 4.14. The molecule has 2 N–H and O–H groups in total. The van der Waals surface area contributed by atoms with E-state index in [4.69, 9.17) is 0 Å². The molecular weight excluding hydrogens is 302 g/mol. The van der Waals surface area contributed by atoms with Gasteiger partial charge in [-0.05, 0) is 33.8 Å². The summed E-state index contributed by atoms with van der Waals surface area (Å²) in [5.74, 6) is 0.288. The molecule has 0 aliphatic heterocycles. The second kappa shape index (κ2) is 6.03. The van der Waals surface area contributed by atoms with Gasteiger partial charge >= 0.3 is 6.03 Å². The maximum atomic E-state index is 11.3. The largest absolute Gasteiger partial charge is 0.341 e. The van der Waals surface area contributed by atoms with Crippen LogP contribution in [-0.4, -0.2) is 13.1 Å². The van der Waals surface area contributed by atoms with Crippen LogP contribution in [0.4, 0.5) is 9.80 Å². The van der Waals surface area contributed by atoms with Crippen LogP contribution in [0.25, 0.3) is 0 Å². The fourth-order valence-electron chi connectivity index (χ4n) is 1.43. The monoisotopic (exact) mass is 315 g/mol. The number of hydrogen-bond donors (Lipinski definition) is 2. The predicted octanol–water partition coefficient (Wildman–Crippen LogP) is 3.65. The van der Waals surface area contributed by atoms with E-state index in [2.05, 4.69) is 46.5 Å². The van der Waals surface area contributed by atoms with Crippen molar-refractivity contribution >= 4 is 38.3 Å². The fraction of sp³-hybridized carbons (Fsp3) is 0.455. The van der Waals surface area contributed by atoms with E-state index in [0.29, 0.717) is 10.6 Å². The van der Waals surface area contributed by atoms with Crippen LogP contribution in [0.2, 0.25) is 0 Å². The molecule has 1 aromatic rings. The molecule has 0 aliphatic carbocycles. The van der Waals surface area contributed by atoms with Crippen LogP contribution < -0.4 is 10.6 Å². The fourth-order valence-corrected chi connectivity index (χ4v) is 3.49. The zero-order valence-corrected chi connectivity index (χ0v) is 12.3. The highest BCUT2D eigenvalue weighted by Gasteiger charge is 2.21. The molecule has 4 nitrogen and oxygen atoms in total. The first kappa shape index (κ1) is 14.0. The van der Waals surface area contributed by atoms with Gasteiger partial charge in [-0.25, -0.2) is 4.79 Å². The standard InChI is InChI=1S/C11H14BrN3OS/c1-4-6(2)8-7(5-13)10(17-9(8)12)15-11(16)14-3/h6H,4H2,1-3H3,(H2,14,15,16). The van der Waals surface area contributed by atoms with Crippen molar-refractivity contribution in [2.24, 2.45) is 0 Å². The number of nitrogens with one attached hydrogen (secondary N) is 2. The van der Waals surface area contributed by atoms with Crippen LogP contribution in [0.1, 0.15) is 37.3 Å². The molecule has 2 amide bonds. The van der Waals surface area contributed by atoms with Gasteiger partial charge in [0.15, 0.2) is 0 Å². The molecule has 1 rings (SSSR count). The van der Waals surface area contributed by atoms with Crippen molar-refractivity contribution in [1.82, 2.24) is 5.32 Å². The van der Waals surface area contributed by atoms with Gasteiger partial charge < -0.3 is 5.32 Å². The highest BCUT2D eigenvalue weighted by molar-refractivity contribution is 9.11. The van der Waals surface area contributed by atoms with Gasteiger partial charge in [0.2, 0.25) is 0 Å². The molecule has 0 spiro atoms. The van der Waals surface area contributed by atoms with E-state index in [9.17, 15) is 10.1 Å². The summed E-state index contributed by atoms with van der Waals surface area (Å²) in [5.41, 5.74) is 1.53. The van der Waals surface area contributed by atoms with Crippen molar-refractivity contribution in [2.75, 3.05) is 12.4 Å². The van der Waals surface area contributed by atoms with Gasteiger partial charge in [0.05, 0.1) is 9.35 Å². The topological polar surface area (TPSA) is 64.9 Å². The summed E-state index contributed by atoms with van der Waals surface area (Å²) in [7, 11) is 1.54. The van der Waals surface area contributed by atoms with Gasteiger partial charge in [-0.2, -0.15) is 5.26 Å². The Hall–Kier alpha value is -1.06. The maximum absolute atomic E-state index is 11.3. The minimum atomic E-state index is -0.314. The van der Waals surface area contributed by atoms with Crippen molar-refractivity contribution < 1.29 is 4.79 Å². The molecule has 1 heterocycles. The van der Waals surface area contributed by atoms with E-state index in [0.717, 1.165) is 15.8 Å². The van der Waals surface area contributed by atoms with Crippen molar-refractivity contribution in [3.05, 3.63) is 14.9 Å². The Morgan fingerprint density at radius 3 is 2.76 bits per heavy atom. The lowest BCUT2D eigenvalue weighted by Gasteiger charge is -2.08. The summed E-state index contributed by atoms with van der Waals surface area (Å²) in [6, 6.07) is 1.85. The lowest BCUT2D eigenvalue weighted by atomic mass is 9.98. The summed E-state index contributed by atoms with van der Waals surface area (Å²) >= 11 is 4.83. The van der Waals surface area contributed by atoms with Crippen molar-refractivity contribution in [1.29, 1.82) is 5.26 Å². The first-order valence-electron chi connectivity index (χ1n) is 5.26. The third-order valence-corrected chi connectivity index (χ3v) is 4.39. The number of carbonyl (C=O) groups is 1. The van der Waals surface area contributed by atoms with E-state index in [1.54, 1.807) is 7.05 Å². The number of carbonyl (C=O) groups excluding carboxylic acids is 1. The van der Waals surface area contributed by atoms with Crippen LogP contribution in [0.15, 0.2) is 3.79 Å². The molecule has 92 valence electrons. The van der Waals surface area contributed by atoms with Crippen LogP contribution in [-0.2, 0) is 0 Å². The predicted molar refractivity (Wildman–Crippen MR) is 73.5 cm³/mol. The smallest absolute Gasteiger partial charge is 0.319 e. The highest BCUT2D eigenvalue weighted by atomic mass is 79.9. The molecule has 0 fully saturated rings. The summed E-state index contributed by atoms with van der Waals surface area (Å²) in [5, 5.41) is 14.9. The van der Waals surface area contributed by atoms with Gasteiger partial charge in [0, 0.05) is 7.05 Å². The van der Waals surface area contributed by atoms with Crippen LogP contribution in [0.3, 0.4) is 0 Å². The molecule has 1 atom stereocenters. The van der Waals surface area contributed by atoms with Gasteiger partial charge in [-0.15, -0.1) is 11.3 Å². The van der Waals surface area contributed by atoms with Crippen LogP contribution >= 0.6 is 27.3 Å². The van der Waals surface area contributed by atoms with Crippen molar-refractivity contribution in [3.8, 4) is 6.07 Å². The lowest BCUT2D eigenvalue weighted by Crippen LogP contribution is -2.24. The van der Waals surface area contributed by atoms with Crippen molar-refractivity contribution in [2.45, 2.75) is 26.2 Å². The normalized spacial score (nSPS) is 11.7. The number of anilines is 1. The first-order valence-corrected chi connectivity index (χ1v) is 6.87. The molecule has 0 radical (unpaired) electrons. The molecule has 0 aromatic carbocycles. The van der Waals surface area contributed by atoms with Crippen LogP contribution in [0, 0.1) is 11.3 Å². The first-order chi connectivity index (χ1) is 8.04. The Morgan fingerprint density at radius 1 is 1.65 bits per heavy atom. The summed E-state index contributed by atoms with van der Waals surface area (Å²) < 4.78 is 0.912. The maximum Gasteiger partial charge on any atom is 0.319 e. The van der Waals surface area contributed by atoms with E-state index in [-0.39, 0.29) is 11.9 Å². The number of halogens is 1. The third kappa shape index (κ3) is 2.99. The number of urea groups is 1. The lowest BCUT2D eigenvalue weighted by molar-refractivity contribution is 0.254. The number of rotatable bonds is 3. The van der Waals surface area contributed by atoms with Gasteiger partial charge in [0.1, 0.15) is 11.1 Å². The Bertz CT molecular complexity index is 464. The van der Waals surface area contributed by atoms with E-state index in [1.807, 2.05) is 0 Å². The molecule has 1 unspecified atom stereocenters. The molecular formula is C11H14BrN3OS. The number of nitrogens with zero attached hydrogens (tertiary/aromatic N) is 1. The zero-order valence-electron chi connectivity index (χ0n) is 9.93. The van der Waals surface area contributed by atoms with E-state index < -0.39 is 0 Å².